The number of benzene rings is 1. The van der Waals surface area contributed by atoms with Crippen LogP contribution in [0.3, 0.4) is 0 Å². The Labute approximate surface area is 154 Å². The summed E-state index contributed by atoms with van der Waals surface area (Å²) in [6, 6.07) is 8.26. The van der Waals surface area contributed by atoms with Crippen LogP contribution >= 0.6 is 11.8 Å². The van der Waals surface area contributed by atoms with Crippen LogP contribution < -0.4 is 4.90 Å². The lowest BCUT2D eigenvalue weighted by Crippen LogP contribution is -2.47. The van der Waals surface area contributed by atoms with Crippen molar-refractivity contribution >= 4 is 23.4 Å². The van der Waals surface area contributed by atoms with Crippen LogP contribution in [0.5, 0.6) is 0 Å². The van der Waals surface area contributed by atoms with E-state index in [9.17, 15) is 4.79 Å². The molecule has 0 radical (unpaired) electrons. The first-order valence-corrected chi connectivity index (χ1v) is 10.3. The number of thioether (sulfide) groups is 1. The molecule has 3 aliphatic heterocycles. The molecule has 5 heteroatoms. The van der Waals surface area contributed by atoms with E-state index in [1.54, 1.807) is 0 Å². The van der Waals surface area contributed by atoms with Crippen molar-refractivity contribution in [2.75, 3.05) is 43.4 Å². The highest BCUT2D eigenvalue weighted by Gasteiger charge is 2.46. The van der Waals surface area contributed by atoms with Crippen molar-refractivity contribution < 1.29 is 9.53 Å². The number of nitrogens with zero attached hydrogens (tertiary/aromatic N) is 2. The summed E-state index contributed by atoms with van der Waals surface area (Å²) >= 11 is 1.85. The Hall–Kier alpha value is -1.04. The van der Waals surface area contributed by atoms with Crippen LogP contribution in [0.2, 0.25) is 0 Å². The van der Waals surface area contributed by atoms with Crippen molar-refractivity contribution in [1.82, 2.24) is 4.90 Å². The molecule has 3 heterocycles. The standard InChI is InChI=1S/C20H28N2O2S/c1-19(2)14-20(15-24-19)7-9-21(10-8-20)13-18(23)22-11-12-25-17-6-4-3-5-16(17)22/h3-6H,7-15H2,1-2H3. The Morgan fingerprint density at radius 2 is 1.96 bits per heavy atom. The van der Waals surface area contributed by atoms with E-state index in [1.807, 2.05) is 22.7 Å². The number of para-hydroxylation sites is 1. The lowest BCUT2D eigenvalue weighted by molar-refractivity contribution is -0.120. The van der Waals surface area contributed by atoms with Gasteiger partial charge in [0.05, 0.1) is 24.4 Å². The summed E-state index contributed by atoms with van der Waals surface area (Å²) in [6.45, 7) is 8.66. The fourth-order valence-electron chi connectivity index (χ4n) is 4.57. The molecule has 2 fully saturated rings. The number of carbonyl (C=O) groups excluding carboxylic acids is 1. The fraction of sp³-hybridized carbons (Fsp3) is 0.650. The van der Waals surface area contributed by atoms with Gasteiger partial charge in [-0.05, 0) is 63.7 Å². The minimum Gasteiger partial charge on any atom is -0.375 e. The predicted molar refractivity (Wildman–Crippen MR) is 102 cm³/mol. The Balaban J connectivity index is 1.36. The van der Waals surface area contributed by atoms with E-state index in [1.165, 1.54) is 4.90 Å². The normalized spacial score (nSPS) is 25.1. The van der Waals surface area contributed by atoms with E-state index in [2.05, 4.69) is 36.9 Å². The molecule has 0 N–H and O–H groups in total. The zero-order valence-electron chi connectivity index (χ0n) is 15.3. The molecule has 0 aromatic heterocycles. The average molecular weight is 361 g/mol. The van der Waals surface area contributed by atoms with Crippen molar-refractivity contribution in [3.8, 4) is 0 Å². The number of hydrogen-bond donors (Lipinski definition) is 0. The lowest BCUT2D eigenvalue weighted by Gasteiger charge is -2.39. The molecule has 0 bridgehead atoms. The fourth-order valence-corrected chi connectivity index (χ4v) is 5.56. The first-order chi connectivity index (χ1) is 12.0. The second-order valence-corrected chi connectivity index (χ2v) is 9.50. The summed E-state index contributed by atoms with van der Waals surface area (Å²) in [5, 5.41) is 0. The number of fused-ring (bicyclic) bond motifs is 1. The van der Waals surface area contributed by atoms with E-state index in [0.717, 1.165) is 56.9 Å². The third kappa shape index (κ3) is 3.60. The molecule has 4 nitrogen and oxygen atoms in total. The van der Waals surface area contributed by atoms with E-state index in [4.69, 9.17) is 4.74 Å². The van der Waals surface area contributed by atoms with Crippen LogP contribution in [-0.2, 0) is 9.53 Å². The largest absolute Gasteiger partial charge is 0.375 e. The average Bonchev–Trinajstić information content (AvgIpc) is 2.91. The number of ether oxygens (including phenoxy) is 1. The van der Waals surface area contributed by atoms with Crippen LogP contribution in [0, 0.1) is 5.41 Å². The predicted octanol–water partition coefficient (Wildman–Crippen LogP) is 3.41. The van der Waals surface area contributed by atoms with Gasteiger partial charge in [0.1, 0.15) is 0 Å². The summed E-state index contributed by atoms with van der Waals surface area (Å²) in [7, 11) is 0. The van der Waals surface area contributed by atoms with Gasteiger partial charge in [-0.2, -0.15) is 0 Å². The Kier molecular flexibility index (Phi) is 4.59. The van der Waals surface area contributed by atoms with Crippen LogP contribution in [-0.4, -0.2) is 54.9 Å². The van der Waals surface area contributed by atoms with Crippen molar-refractivity contribution in [2.24, 2.45) is 5.41 Å². The molecule has 0 atom stereocenters. The van der Waals surface area contributed by atoms with E-state index in [0.29, 0.717) is 12.0 Å². The number of anilines is 1. The molecule has 1 amide bonds. The van der Waals surface area contributed by atoms with E-state index in [-0.39, 0.29) is 11.5 Å². The molecular formula is C20H28N2O2S. The number of amides is 1. The second-order valence-electron chi connectivity index (χ2n) is 8.36. The zero-order valence-corrected chi connectivity index (χ0v) is 16.1. The molecule has 0 aliphatic carbocycles. The molecule has 4 rings (SSSR count). The van der Waals surface area contributed by atoms with Crippen LogP contribution in [0.1, 0.15) is 33.1 Å². The molecule has 1 aromatic carbocycles. The van der Waals surface area contributed by atoms with Gasteiger partial charge < -0.3 is 9.64 Å². The highest BCUT2D eigenvalue weighted by atomic mass is 32.2. The van der Waals surface area contributed by atoms with E-state index < -0.39 is 0 Å². The molecule has 136 valence electrons. The molecule has 0 saturated carbocycles. The van der Waals surface area contributed by atoms with Crippen molar-refractivity contribution in [3.05, 3.63) is 24.3 Å². The summed E-state index contributed by atoms with van der Waals surface area (Å²) in [4.78, 5) is 18.4. The van der Waals surface area contributed by atoms with E-state index >= 15 is 0 Å². The summed E-state index contributed by atoms with van der Waals surface area (Å²) in [5.74, 6) is 1.23. The van der Waals surface area contributed by atoms with Crippen LogP contribution in [0.4, 0.5) is 5.69 Å². The Bertz CT molecular complexity index is 653. The molecule has 3 aliphatic rings. The summed E-state index contributed by atoms with van der Waals surface area (Å²) in [6.07, 6.45) is 3.45. The van der Waals surface area contributed by atoms with Crippen LogP contribution in [0.25, 0.3) is 0 Å². The SMILES string of the molecule is CC1(C)CC2(CCN(CC(=O)N3CCSc4ccccc43)CC2)CO1. The number of rotatable bonds is 2. The van der Waals surface area contributed by atoms with Gasteiger partial charge in [0.2, 0.25) is 5.91 Å². The molecule has 2 saturated heterocycles. The van der Waals surface area contributed by atoms with Gasteiger partial charge in [0, 0.05) is 17.2 Å². The topological polar surface area (TPSA) is 32.8 Å². The molecule has 1 aromatic rings. The van der Waals surface area contributed by atoms with Crippen molar-refractivity contribution in [3.63, 3.8) is 0 Å². The van der Waals surface area contributed by atoms with Crippen molar-refractivity contribution in [1.29, 1.82) is 0 Å². The smallest absolute Gasteiger partial charge is 0.241 e. The minimum absolute atomic E-state index is 0.0210. The highest BCUT2D eigenvalue weighted by molar-refractivity contribution is 7.99. The number of piperidine rings is 1. The Morgan fingerprint density at radius 3 is 2.68 bits per heavy atom. The molecular weight excluding hydrogens is 332 g/mol. The zero-order chi connectivity index (χ0) is 17.5. The van der Waals surface area contributed by atoms with Gasteiger partial charge in [-0.15, -0.1) is 11.8 Å². The third-order valence-electron chi connectivity index (χ3n) is 5.87. The molecule has 25 heavy (non-hydrogen) atoms. The number of likely N-dealkylation sites (tertiary alicyclic amines) is 1. The quantitative estimate of drug-likeness (QED) is 0.809. The maximum Gasteiger partial charge on any atom is 0.241 e. The third-order valence-corrected chi connectivity index (χ3v) is 6.92. The van der Waals surface area contributed by atoms with Gasteiger partial charge in [-0.25, -0.2) is 0 Å². The highest BCUT2D eigenvalue weighted by Crippen LogP contribution is 2.46. The first kappa shape index (κ1) is 17.4. The summed E-state index contributed by atoms with van der Waals surface area (Å²) < 4.78 is 5.99. The van der Waals surface area contributed by atoms with Gasteiger partial charge in [0.15, 0.2) is 0 Å². The minimum atomic E-state index is 0.0210. The first-order valence-electron chi connectivity index (χ1n) is 9.35. The maximum absolute atomic E-state index is 12.9. The van der Waals surface area contributed by atoms with Crippen molar-refractivity contribution in [2.45, 2.75) is 43.6 Å². The molecule has 0 unspecified atom stereocenters. The van der Waals surface area contributed by atoms with Gasteiger partial charge in [-0.3, -0.25) is 9.69 Å². The van der Waals surface area contributed by atoms with Crippen LogP contribution in [0.15, 0.2) is 29.2 Å². The Morgan fingerprint density at radius 1 is 1.20 bits per heavy atom. The monoisotopic (exact) mass is 360 g/mol. The molecule has 1 spiro atoms. The lowest BCUT2D eigenvalue weighted by atomic mass is 9.74. The number of hydrogen-bond acceptors (Lipinski definition) is 4. The second kappa shape index (κ2) is 6.60. The van der Waals surface area contributed by atoms with Gasteiger partial charge in [-0.1, -0.05) is 12.1 Å². The summed E-state index contributed by atoms with van der Waals surface area (Å²) in [5.41, 5.74) is 1.45. The number of carbonyl (C=O) groups is 1. The van der Waals surface area contributed by atoms with Gasteiger partial charge >= 0.3 is 0 Å². The maximum atomic E-state index is 12.9. The van der Waals surface area contributed by atoms with Gasteiger partial charge in [0.25, 0.3) is 0 Å².